The second-order valence-electron chi connectivity index (χ2n) is 19.5. The molecule has 0 saturated carbocycles. The molecule has 0 spiro atoms. The number of unbranched alkanes of at least 4 members (excludes halogenated alkanes) is 1. The van der Waals surface area contributed by atoms with Crippen molar-refractivity contribution in [2.75, 3.05) is 84.9 Å². The first-order valence-electron chi connectivity index (χ1n) is 24.4. The number of amides is 7. The van der Waals surface area contributed by atoms with Crippen LogP contribution in [0.5, 0.6) is 0 Å². The van der Waals surface area contributed by atoms with Gasteiger partial charge in [-0.25, -0.2) is 14.4 Å². The number of hydrogen-bond acceptors (Lipinski definition) is 17. The first-order chi connectivity index (χ1) is 34.2. The van der Waals surface area contributed by atoms with E-state index in [1.54, 1.807) is 86.6 Å². The van der Waals surface area contributed by atoms with E-state index in [1.807, 2.05) is 0 Å². The lowest BCUT2D eigenvalue weighted by Crippen LogP contribution is -2.47. The van der Waals surface area contributed by atoms with Crippen LogP contribution in [0.4, 0.5) is 10.5 Å². The molecule has 1 rings (SSSR count). The highest BCUT2D eigenvalue weighted by Gasteiger charge is 2.30. The van der Waals surface area contributed by atoms with Crippen LogP contribution in [0.15, 0.2) is 24.3 Å². The third-order valence-electron chi connectivity index (χ3n) is 9.31. The molecule has 3 atom stereocenters. The maximum Gasteiger partial charge on any atom is 0.412 e. The zero-order valence-corrected chi connectivity index (χ0v) is 44.4. The number of benzene rings is 1. The second kappa shape index (κ2) is 34.5. The van der Waals surface area contributed by atoms with Crippen molar-refractivity contribution in [2.24, 2.45) is 5.73 Å². The largest absolute Gasteiger partial charge is 0.458 e. The molecular weight excluding hydrogens is 957 g/mol. The monoisotopic (exact) mass is 1040 g/mol. The van der Waals surface area contributed by atoms with Crippen molar-refractivity contribution in [3.8, 4) is 0 Å². The average Bonchev–Trinajstić information content (AvgIpc) is 3.28. The van der Waals surface area contributed by atoms with Gasteiger partial charge in [-0.15, -0.1) is 0 Å². The number of esters is 2. The normalized spacial score (nSPS) is 12.8. The van der Waals surface area contributed by atoms with Gasteiger partial charge in [0.15, 0.2) is 0 Å². The van der Waals surface area contributed by atoms with Crippen molar-refractivity contribution in [3.63, 3.8) is 0 Å². The molecule has 0 heterocycles. The van der Waals surface area contributed by atoms with E-state index in [9.17, 15) is 43.2 Å². The van der Waals surface area contributed by atoms with Gasteiger partial charge < -0.3 is 70.8 Å². The number of hydrogen-bond donors (Lipinski definition) is 8. The van der Waals surface area contributed by atoms with Gasteiger partial charge in [-0.3, -0.25) is 34.1 Å². The molecule has 0 aliphatic rings. The second-order valence-corrected chi connectivity index (χ2v) is 19.5. The van der Waals surface area contributed by atoms with Gasteiger partial charge in [0.05, 0.1) is 39.6 Å². The molecule has 24 heteroatoms. The Balaban J connectivity index is 2.50. The topological polar surface area (TPSA) is 328 Å². The number of likely N-dealkylation sites (N-methyl/N-ethyl adjacent to an activating group) is 1. The highest BCUT2D eigenvalue weighted by Crippen LogP contribution is 2.15. The van der Waals surface area contributed by atoms with Crippen LogP contribution in [-0.2, 0) is 66.7 Å². The summed E-state index contributed by atoms with van der Waals surface area (Å²) in [5, 5.41) is 18.4. The molecular formula is C49H82N8O16. The Hall–Kier alpha value is -5.95. The zero-order valence-electron chi connectivity index (χ0n) is 44.4. The molecule has 73 heavy (non-hydrogen) atoms. The van der Waals surface area contributed by atoms with E-state index in [-0.39, 0.29) is 90.3 Å². The molecule has 7 amide bonds. The number of nitrogens with two attached hydrogens (primary N) is 1. The summed E-state index contributed by atoms with van der Waals surface area (Å²) >= 11 is 0. The number of nitrogens with one attached hydrogen (secondary N) is 7. The molecule has 1 aromatic rings. The summed E-state index contributed by atoms with van der Waals surface area (Å²) in [7, 11) is 1.46. The molecule has 0 bridgehead atoms. The quantitative estimate of drug-likeness (QED) is 0.0276. The van der Waals surface area contributed by atoms with Crippen LogP contribution in [-0.4, -0.2) is 168 Å². The average molecular weight is 1040 g/mol. The van der Waals surface area contributed by atoms with Crippen molar-refractivity contribution in [2.45, 2.75) is 142 Å². The number of ether oxygens (including phenoxy) is 7. The maximum absolute atomic E-state index is 13.1. The van der Waals surface area contributed by atoms with E-state index in [1.165, 1.54) is 7.05 Å². The number of carbonyl (C=O) groups excluding carboxylic acids is 9. The van der Waals surface area contributed by atoms with Crippen LogP contribution >= 0.6 is 0 Å². The Kier molecular flexibility index (Phi) is 30.7. The van der Waals surface area contributed by atoms with E-state index in [4.69, 9.17) is 38.9 Å². The fourth-order valence-corrected chi connectivity index (χ4v) is 6.08. The van der Waals surface area contributed by atoms with Crippen molar-refractivity contribution in [3.05, 3.63) is 29.8 Å². The molecule has 0 aliphatic heterocycles. The van der Waals surface area contributed by atoms with Gasteiger partial charge >= 0.3 is 18.0 Å². The lowest BCUT2D eigenvalue weighted by atomic mass is 10.1. The van der Waals surface area contributed by atoms with Gasteiger partial charge in [-0.1, -0.05) is 0 Å². The van der Waals surface area contributed by atoms with E-state index >= 15 is 0 Å². The minimum Gasteiger partial charge on any atom is -0.458 e. The third-order valence-corrected chi connectivity index (χ3v) is 9.31. The minimum absolute atomic E-state index is 0.0388. The predicted octanol–water partition coefficient (Wildman–Crippen LogP) is 1.52. The SMILES string of the molecule is CNC(=O)C(CCCCNC(=O)c1ccc(NC(=O)OC(C)(C)C)cc1)NC(=O)COCCOCCNC(=O)CCC(NC(=O)CCC(NC(=O)COCCOCCN)C(=O)OC(C)(C)C)C(=O)OC(C)(C)C. The summed E-state index contributed by atoms with van der Waals surface area (Å²) in [6, 6.07) is 3.07. The molecule has 3 unspecified atom stereocenters. The fourth-order valence-electron chi connectivity index (χ4n) is 6.08. The zero-order chi connectivity index (χ0) is 55.0. The van der Waals surface area contributed by atoms with Crippen LogP contribution in [0.25, 0.3) is 0 Å². The van der Waals surface area contributed by atoms with E-state index in [0.29, 0.717) is 50.2 Å². The summed E-state index contributed by atoms with van der Waals surface area (Å²) in [6.07, 6.45) is -0.00895. The van der Waals surface area contributed by atoms with E-state index in [2.05, 4.69) is 37.2 Å². The van der Waals surface area contributed by atoms with Crippen molar-refractivity contribution in [1.29, 1.82) is 0 Å². The van der Waals surface area contributed by atoms with Crippen LogP contribution in [0.1, 0.15) is 118 Å². The minimum atomic E-state index is -1.21. The molecule has 0 fully saturated rings. The van der Waals surface area contributed by atoms with Gasteiger partial charge in [0, 0.05) is 50.8 Å². The molecule has 414 valence electrons. The van der Waals surface area contributed by atoms with Crippen LogP contribution < -0.4 is 43.0 Å². The van der Waals surface area contributed by atoms with Gasteiger partial charge in [0.25, 0.3) is 5.91 Å². The first-order valence-corrected chi connectivity index (χ1v) is 24.4. The Labute approximate surface area is 429 Å². The summed E-state index contributed by atoms with van der Waals surface area (Å²) in [5.41, 5.74) is 3.80. The van der Waals surface area contributed by atoms with E-state index in [0.717, 1.165) is 0 Å². The molecule has 0 radical (unpaired) electrons. The van der Waals surface area contributed by atoms with Crippen molar-refractivity contribution < 1.29 is 76.3 Å². The lowest BCUT2D eigenvalue weighted by molar-refractivity contribution is -0.160. The van der Waals surface area contributed by atoms with Crippen LogP contribution in [0.3, 0.4) is 0 Å². The smallest absolute Gasteiger partial charge is 0.412 e. The predicted molar refractivity (Wildman–Crippen MR) is 268 cm³/mol. The molecule has 24 nitrogen and oxygen atoms in total. The summed E-state index contributed by atoms with van der Waals surface area (Å²) < 4.78 is 37.5. The van der Waals surface area contributed by atoms with E-state index < -0.39 is 76.6 Å². The lowest BCUT2D eigenvalue weighted by Gasteiger charge is -2.26. The number of anilines is 1. The summed E-state index contributed by atoms with van der Waals surface area (Å²) in [4.78, 5) is 114. The summed E-state index contributed by atoms with van der Waals surface area (Å²) in [5.74, 6) is -4.45. The molecule has 1 aromatic carbocycles. The fraction of sp³-hybridized carbons (Fsp3) is 0.694. The Morgan fingerprint density at radius 1 is 0.521 bits per heavy atom. The van der Waals surface area contributed by atoms with Gasteiger partial charge in [-0.2, -0.15) is 0 Å². The number of rotatable bonds is 34. The number of carbonyl (C=O) groups is 9. The van der Waals surface area contributed by atoms with Crippen molar-refractivity contribution in [1.82, 2.24) is 31.9 Å². The first kappa shape index (κ1) is 65.1. The maximum atomic E-state index is 13.1. The van der Waals surface area contributed by atoms with Gasteiger partial charge in [0.2, 0.25) is 29.5 Å². The Bertz CT molecular complexity index is 1900. The highest BCUT2D eigenvalue weighted by molar-refractivity contribution is 5.95. The van der Waals surface area contributed by atoms with Crippen molar-refractivity contribution >= 4 is 59.2 Å². The molecule has 0 aromatic heterocycles. The highest BCUT2D eigenvalue weighted by atomic mass is 16.6. The molecule has 0 aliphatic carbocycles. The third kappa shape index (κ3) is 33.4. The Morgan fingerprint density at radius 2 is 1.00 bits per heavy atom. The van der Waals surface area contributed by atoms with Crippen LogP contribution in [0.2, 0.25) is 0 Å². The van der Waals surface area contributed by atoms with Gasteiger partial charge in [0.1, 0.15) is 48.1 Å². The standard InChI is InChI=1S/C49H82N8O16/c1-47(2,3)71-44(64)36(56-39(59)21-19-37(45(65)72-48(4,5)6)57-41(61)32-69-29-27-67-25-22-50)18-20-38(58)52-24-26-68-28-30-70-31-40(60)55-35(43(63)51-10)13-11-12-23-53-42(62)33-14-16-34(17-15-33)54-46(66)73-49(7,8)9/h14-17,35-37H,11-13,18-32,50H2,1-10H3,(H,51,63)(H,52,58)(H,53,62)(H,54,66)(H,55,60)(H,56,59)(H,57,61). The Morgan fingerprint density at radius 3 is 1.51 bits per heavy atom. The van der Waals surface area contributed by atoms with Gasteiger partial charge in [-0.05, 0) is 119 Å². The summed E-state index contributed by atoms with van der Waals surface area (Å²) in [6.45, 7) is 16.1. The molecule has 0 saturated heterocycles. The molecule has 9 N–H and O–H groups in total. The van der Waals surface area contributed by atoms with Crippen LogP contribution in [0, 0.1) is 0 Å².